The average molecular weight is 164 g/mol. The summed E-state index contributed by atoms with van der Waals surface area (Å²) in [5, 5.41) is 9.87. The summed E-state index contributed by atoms with van der Waals surface area (Å²) in [4.78, 5) is 0. The van der Waals surface area contributed by atoms with Crippen molar-refractivity contribution in [2.24, 2.45) is 23.7 Å². The normalized spacial score (nSPS) is 55.9. The Morgan fingerprint density at radius 2 is 1.92 bits per heavy atom. The lowest BCUT2D eigenvalue weighted by Crippen LogP contribution is -2.34. The molecule has 0 unspecified atom stereocenters. The van der Waals surface area contributed by atoms with Crippen LogP contribution in [0.2, 0.25) is 0 Å². The second kappa shape index (κ2) is 2.35. The Morgan fingerprint density at radius 3 is 2.75 bits per heavy atom. The van der Waals surface area contributed by atoms with Gasteiger partial charge < -0.3 is 5.11 Å². The van der Waals surface area contributed by atoms with E-state index < -0.39 is 0 Å². The van der Waals surface area contributed by atoms with Gasteiger partial charge in [-0.15, -0.1) is 0 Å². The van der Waals surface area contributed by atoms with Crippen LogP contribution in [0.4, 0.5) is 0 Å². The van der Waals surface area contributed by atoms with Gasteiger partial charge in [0.25, 0.3) is 0 Å². The molecule has 3 aliphatic rings. The van der Waals surface area contributed by atoms with Gasteiger partial charge >= 0.3 is 0 Å². The number of hydrogen-bond donors (Lipinski definition) is 1. The number of allylic oxidation sites excluding steroid dienone is 2. The van der Waals surface area contributed by atoms with E-state index in [0.29, 0.717) is 5.92 Å². The zero-order valence-electron chi connectivity index (χ0n) is 7.32. The zero-order chi connectivity index (χ0) is 8.13. The number of rotatable bonds is 0. The summed E-state index contributed by atoms with van der Waals surface area (Å²) in [6.45, 7) is 0. The maximum absolute atomic E-state index is 9.87. The van der Waals surface area contributed by atoms with Crippen molar-refractivity contribution >= 4 is 0 Å². The van der Waals surface area contributed by atoms with Crippen LogP contribution in [0.5, 0.6) is 0 Å². The number of aliphatic hydroxyl groups excluding tert-OH is 1. The summed E-state index contributed by atoms with van der Waals surface area (Å²) in [7, 11) is 0. The molecule has 1 heteroatoms. The van der Waals surface area contributed by atoms with Gasteiger partial charge in [0.15, 0.2) is 0 Å². The quantitative estimate of drug-likeness (QED) is 0.543. The molecular formula is C11H16O. The van der Waals surface area contributed by atoms with E-state index in [-0.39, 0.29) is 6.10 Å². The summed E-state index contributed by atoms with van der Waals surface area (Å²) in [5.41, 5.74) is 0. The van der Waals surface area contributed by atoms with Crippen LogP contribution >= 0.6 is 0 Å². The average Bonchev–Trinajstić information content (AvgIpc) is 2.64. The Kier molecular flexibility index (Phi) is 1.40. The molecule has 5 atom stereocenters. The van der Waals surface area contributed by atoms with Gasteiger partial charge in [0.1, 0.15) is 0 Å². The standard InChI is InChI=1S/C11H16O/c12-10-3-1-2-9-7-4-5-8(6-7)11(9)10/h4-5,7-12H,1-3,6H2/t7-,8+,9-,10-,11+/m1/s1. The molecular weight excluding hydrogens is 148 g/mol. The number of fused-ring (bicyclic) bond motifs is 5. The topological polar surface area (TPSA) is 20.2 Å². The maximum atomic E-state index is 9.87. The summed E-state index contributed by atoms with van der Waals surface area (Å²) in [5.74, 6) is 3.03. The van der Waals surface area contributed by atoms with E-state index in [0.717, 1.165) is 24.2 Å². The fourth-order valence-electron chi connectivity index (χ4n) is 3.70. The summed E-state index contributed by atoms with van der Waals surface area (Å²) in [6.07, 6.45) is 9.77. The molecule has 0 amide bonds. The lowest BCUT2D eigenvalue weighted by molar-refractivity contribution is 0.0265. The Labute approximate surface area is 73.5 Å². The largest absolute Gasteiger partial charge is 0.393 e. The fourth-order valence-corrected chi connectivity index (χ4v) is 3.70. The molecule has 66 valence electrons. The third kappa shape index (κ3) is 0.779. The lowest BCUT2D eigenvalue weighted by atomic mass is 9.72. The molecule has 2 bridgehead atoms. The molecule has 0 spiro atoms. The van der Waals surface area contributed by atoms with Crippen LogP contribution in [-0.2, 0) is 0 Å². The number of aliphatic hydroxyl groups is 1. The molecule has 1 N–H and O–H groups in total. The molecule has 3 aliphatic carbocycles. The van der Waals surface area contributed by atoms with Crippen molar-refractivity contribution in [3.63, 3.8) is 0 Å². The highest BCUT2D eigenvalue weighted by Gasteiger charge is 2.48. The fraction of sp³-hybridized carbons (Fsp3) is 0.818. The molecule has 0 aliphatic heterocycles. The van der Waals surface area contributed by atoms with Gasteiger partial charge in [-0.1, -0.05) is 18.6 Å². The first-order valence-corrected chi connectivity index (χ1v) is 5.22. The predicted molar refractivity (Wildman–Crippen MR) is 47.6 cm³/mol. The van der Waals surface area contributed by atoms with Gasteiger partial charge in [-0.2, -0.15) is 0 Å². The van der Waals surface area contributed by atoms with E-state index in [9.17, 15) is 5.11 Å². The minimum absolute atomic E-state index is 0.0173. The van der Waals surface area contributed by atoms with Crippen LogP contribution in [0.25, 0.3) is 0 Å². The van der Waals surface area contributed by atoms with E-state index in [1.54, 1.807) is 0 Å². The van der Waals surface area contributed by atoms with Gasteiger partial charge in [-0.05, 0) is 42.9 Å². The van der Waals surface area contributed by atoms with Crippen molar-refractivity contribution < 1.29 is 5.11 Å². The van der Waals surface area contributed by atoms with Crippen molar-refractivity contribution in [2.75, 3.05) is 0 Å². The number of hydrogen-bond acceptors (Lipinski definition) is 1. The second-order valence-electron chi connectivity index (χ2n) is 4.69. The summed E-state index contributed by atoms with van der Waals surface area (Å²) >= 11 is 0. The summed E-state index contributed by atoms with van der Waals surface area (Å²) < 4.78 is 0. The molecule has 12 heavy (non-hydrogen) atoms. The Balaban J connectivity index is 1.92. The predicted octanol–water partition coefficient (Wildman–Crippen LogP) is 1.97. The SMILES string of the molecule is O[C@@H]1CCC[C@H]2[C@@H]1[C@H]1C=C[C@@H]2C1. The molecule has 0 aromatic carbocycles. The first-order valence-electron chi connectivity index (χ1n) is 5.22. The van der Waals surface area contributed by atoms with Crippen molar-refractivity contribution in [1.82, 2.24) is 0 Å². The lowest BCUT2D eigenvalue weighted by Gasteiger charge is -2.36. The second-order valence-corrected chi connectivity index (χ2v) is 4.69. The molecule has 2 saturated carbocycles. The van der Waals surface area contributed by atoms with Gasteiger partial charge in [0.2, 0.25) is 0 Å². The summed E-state index contributed by atoms with van der Waals surface area (Å²) in [6, 6.07) is 0. The molecule has 0 aromatic heterocycles. The van der Waals surface area contributed by atoms with Crippen molar-refractivity contribution in [1.29, 1.82) is 0 Å². The first-order chi connectivity index (χ1) is 5.86. The van der Waals surface area contributed by atoms with Crippen LogP contribution in [0.3, 0.4) is 0 Å². The Hall–Kier alpha value is -0.300. The van der Waals surface area contributed by atoms with Gasteiger partial charge in [0, 0.05) is 0 Å². The Morgan fingerprint density at radius 1 is 1.08 bits per heavy atom. The van der Waals surface area contributed by atoms with Crippen LogP contribution in [0, 0.1) is 23.7 Å². The van der Waals surface area contributed by atoms with Gasteiger partial charge in [-0.3, -0.25) is 0 Å². The van der Waals surface area contributed by atoms with E-state index in [2.05, 4.69) is 12.2 Å². The van der Waals surface area contributed by atoms with Gasteiger partial charge in [0.05, 0.1) is 6.10 Å². The van der Waals surface area contributed by atoms with Crippen LogP contribution in [0.1, 0.15) is 25.7 Å². The monoisotopic (exact) mass is 164 g/mol. The molecule has 1 nitrogen and oxygen atoms in total. The molecule has 0 heterocycles. The van der Waals surface area contributed by atoms with Crippen LogP contribution < -0.4 is 0 Å². The first kappa shape index (κ1) is 7.14. The Bertz CT molecular complexity index is 221. The highest BCUT2D eigenvalue weighted by atomic mass is 16.3. The third-order valence-corrected chi connectivity index (χ3v) is 4.17. The van der Waals surface area contributed by atoms with Crippen molar-refractivity contribution in [2.45, 2.75) is 31.8 Å². The molecule has 2 fully saturated rings. The molecule has 0 radical (unpaired) electrons. The van der Waals surface area contributed by atoms with E-state index >= 15 is 0 Å². The van der Waals surface area contributed by atoms with E-state index in [1.165, 1.54) is 19.3 Å². The molecule has 3 rings (SSSR count). The maximum Gasteiger partial charge on any atom is 0.0576 e. The van der Waals surface area contributed by atoms with Gasteiger partial charge in [-0.25, -0.2) is 0 Å². The van der Waals surface area contributed by atoms with Crippen LogP contribution in [-0.4, -0.2) is 11.2 Å². The van der Waals surface area contributed by atoms with E-state index in [1.807, 2.05) is 0 Å². The van der Waals surface area contributed by atoms with E-state index in [4.69, 9.17) is 0 Å². The molecule has 0 aromatic rings. The minimum atomic E-state index is 0.0173. The highest BCUT2D eigenvalue weighted by molar-refractivity contribution is 5.15. The smallest absolute Gasteiger partial charge is 0.0576 e. The zero-order valence-corrected chi connectivity index (χ0v) is 7.32. The van der Waals surface area contributed by atoms with Crippen LogP contribution in [0.15, 0.2) is 12.2 Å². The highest BCUT2D eigenvalue weighted by Crippen LogP contribution is 2.53. The third-order valence-electron chi connectivity index (χ3n) is 4.17. The van der Waals surface area contributed by atoms with Crippen molar-refractivity contribution in [3.8, 4) is 0 Å². The van der Waals surface area contributed by atoms with Crippen molar-refractivity contribution in [3.05, 3.63) is 12.2 Å². The minimum Gasteiger partial charge on any atom is -0.393 e. The molecule has 0 saturated heterocycles.